The lowest BCUT2D eigenvalue weighted by Gasteiger charge is -2.35. The van der Waals surface area contributed by atoms with Gasteiger partial charge in [-0.25, -0.2) is 9.37 Å². The molecule has 0 aliphatic carbocycles. The molecule has 1 saturated heterocycles. The van der Waals surface area contributed by atoms with Gasteiger partial charge in [-0.15, -0.1) is 0 Å². The molecular formula is C20H21ClFN3O. The number of benzene rings is 2. The summed E-state index contributed by atoms with van der Waals surface area (Å²) >= 11 is 6.26. The molecule has 1 fully saturated rings. The van der Waals surface area contributed by atoms with Gasteiger partial charge in [-0.2, -0.15) is 0 Å². The van der Waals surface area contributed by atoms with Crippen LogP contribution >= 0.6 is 11.6 Å². The number of para-hydroxylation sites is 2. The Labute approximate surface area is 156 Å². The zero-order valence-electron chi connectivity index (χ0n) is 14.4. The molecule has 4 rings (SSSR count). The zero-order valence-corrected chi connectivity index (χ0v) is 15.2. The first-order valence-corrected chi connectivity index (χ1v) is 9.32. The smallest absolute Gasteiger partial charge is 0.207 e. The highest BCUT2D eigenvalue weighted by atomic mass is 35.5. The maximum Gasteiger partial charge on any atom is 0.207 e. The first kappa shape index (κ1) is 17.3. The van der Waals surface area contributed by atoms with E-state index >= 15 is 0 Å². The Morgan fingerprint density at radius 1 is 1.15 bits per heavy atom. The lowest BCUT2D eigenvalue weighted by Crippen LogP contribution is -2.43. The van der Waals surface area contributed by atoms with Crippen molar-refractivity contribution in [3.8, 4) is 0 Å². The summed E-state index contributed by atoms with van der Waals surface area (Å²) in [6.45, 7) is 1.22. The highest BCUT2D eigenvalue weighted by Gasteiger charge is 2.27. The van der Waals surface area contributed by atoms with Crippen LogP contribution in [0.15, 0.2) is 42.5 Å². The van der Waals surface area contributed by atoms with E-state index < -0.39 is 0 Å². The van der Waals surface area contributed by atoms with Gasteiger partial charge in [-0.1, -0.05) is 29.8 Å². The highest BCUT2D eigenvalue weighted by molar-refractivity contribution is 6.31. The molecule has 6 heteroatoms. The van der Waals surface area contributed by atoms with Crippen molar-refractivity contribution < 1.29 is 9.50 Å². The summed E-state index contributed by atoms with van der Waals surface area (Å²) in [4.78, 5) is 6.95. The van der Waals surface area contributed by atoms with E-state index in [4.69, 9.17) is 16.6 Å². The van der Waals surface area contributed by atoms with Gasteiger partial charge in [0.1, 0.15) is 5.82 Å². The summed E-state index contributed by atoms with van der Waals surface area (Å²) in [5.74, 6) is 0.447. The fraction of sp³-hybridized carbons (Fsp3) is 0.350. The summed E-state index contributed by atoms with van der Waals surface area (Å²) in [5, 5.41) is 10.2. The van der Waals surface area contributed by atoms with Gasteiger partial charge in [0, 0.05) is 17.1 Å². The number of imidazole rings is 1. The molecule has 136 valence electrons. The minimum Gasteiger partial charge on any atom is -0.394 e. The first-order chi connectivity index (χ1) is 12.7. The molecular weight excluding hydrogens is 353 g/mol. The van der Waals surface area contributed by atoms with Crippen molar-refractivity contribution in [1.82, 2.24) is 9.55 Å². The van der Waals surface area contributed by atoms with E-state index in [-0.39, 0.29) is 18.5 Å². The Balaban J connectivity index is 1.84. The number of hydrogen-bond acceptors (Lipinski definition) is 3. The van der Waals surface area contributed by atoms with Gasteiger partial charge in [-0.05, 0) is 43.5 Å². The fourth-order valence-corrected chi connectivity index (χ4v) is 3.96. The third-order valence-corrected chi connectivity index (χ3v) is 5.46. The van der Waals surface area contributed by atoms with Gasteiger partial charge >= 0.3 is 0 Å². The molecule has 0 spiro atoms. The zero-order chi connectivity index (χ0) is 18.1. The van der Waals surface area contributed by atoms with Gasteiger partial charge < -0.3 is 14.6 Å². The third-order valence-electron chi connectivity index (χ3n) is 5.11. The van der Waals surface area contributed by atoms with Gasteiger partial charge in [0.05, 0.1) is 30.2 Å². The monoisotopic (exact) mass is 373 g/mol. The van der Waals surface area contributed by atoms with Crippen molar-refractivity contribution in [3.63, 3.8) is 0 Å². The molecule has 0 bridgehead atoms. The molecule has 0 amide bonds. The van der Waals surface area contributed by atoms with Crippen LogP contribution in [0.1, 0.15) is 24.8 Å². The molecule has 1 aromatic heterocycles. The second kappa shape index (κ2) is 7.25. The highest BCUT2D eigenvalue weighted by Crippen LogP contribution is 2.30. The Hall–Kier alpha value is -2.11. The summed E-state index contributed by atoms with van der Waals surface area (Å²) in [6, 6.07) is 12.6. The number of aromatic nitrogens is 2. The fourth-order valence-electron chi connectivity index (χ4n) is 3.73. The van der Waals surface area contributed by atoms with E-state index in [1.807, 2.05) is 28.8 Å². The maximum atomic E-state index is 14.4. The Kier molecular flexibility index (Phi) is 4.83. The number of hydrogen-bond donors (Lipinski definition) is 1. The summed E-state index contributed by atoms with van der Waals surface area (Å²) in [6.07, 6.45) is 3.08. The molecule has 26 heavy (non-hydrogen) atoms. The quantitative estimate of drug-likeness (QED) is 0.744. The molecule has 2 aromatic carbocycles. The van der Waals surface area contributed by atoms with E-state index in [9.17, 15) is 9.50 Å². The van der Waals surface area contributed by atoms with Crippen LogP contribution in [0.4, 0.5) is 10.3 Å². The topological polar surface area (TPSA) is 41.3 Å². The van der Waals surface area contributed by atoms with Crippen LogP contribution in [0.3, 0.4) is 0 Å². The summed E-state index contributed by atoms with van der Waals surface area (Å²) < 4.78 is 16.4. The number of nitrogens with zero attached hydrogens (tertiary/aromatic N) is 3. The van der Waals surface area contributed by atoms with Crippen molar-refractivity contribution >= 4 is 28.6 Å². The van der Waals surface area contributed by atoms with Gasteiger partial charge in [-0.3, -0.25) is 0 Å². The average molecular weight is 374 g/mol. The molecule has 2 heterocycles. The van der Waals surface area contributed by atoms with Crippen LogP contribution in [0.25, 0.3) is 11.0 Å². The number of aliphatic hydroxyl groups is 1. The second-order valence-electron chi connectivity index (χ2n) is 6.71. The van der Waals surface area contributed by atoms with E-state index in [1.54, 1.807) is 12.1 Å². The molecule has 1 aliphatic rings. The van der Waals surface area contributed by atoms with Crippen LogP contribution in [0, 0.1) is 5.82 Å². The van der Waals surface area contributed by atoms with Crippen molar-refractivity contribution in [2.75, 3.05) is 18.1 Å². The van der Waals surface area contributed by atoms with Gasteiger partial charge in [0.25, 0.3) is 0 Å². The third kappa shape index (κ3) is 3.06. The van der Waals surface area contributed by atoms with Crippen LogP contribution in [0.5, 0.6) is 0 Å². The van der Waals surface area contributed by atoms with Crippen LogP contribution < -0.4 is 4.90 Å². The van der Waals surface area contributed by atoms with Crippen molar-refractivity contribution in [3.05, 3.63) is 58.9 Å². The van der Waals surface area contributed by atoms with Crippen LogP contribution in [-0.2, 0) is 6.54 Å². The summed E-state index contributed by atoms with van der Waals surface area (Å²) in [5.41, 5.74) is 2.25. The lowest BCUT2D eigenvalue weighted by atomic mass is 10.0. The predicted octanol–water partition coefficient (Wildman–Crippen LogP) is 4.23. The number of aliphatic hydroxyl groups excluding tert-OH is 1. The number of halogens is 2. The standard InChI is InChI=1S/C20H21ClFN3O/c21-16-7-5-8-17(22)15(16)12-25-19-10-2-1-9-18(19)23-20(25)24-11-4-3-6-14(24)13-26/h1-2,5,7-10,14,26H,3-4,6,11-13H2/t14-/m1/s1. The van der Waals surface area contributed by atoms with Crippen LogP contribution in [-0.4, -0.2) is 33.9 Å². The van der Waals surface area contributed by atoms with Gasteiger partial charge in [0.2, 0.25) is 5.95 Å². The number of anilines is 1. The van der Waals surface area contributed by atoms with E-state index in [0.717, 1.165) is 42.8 Å². The number of rotatable bonds is 4. The predicted molar refractivity (Wildman–Crippen MR) is 102 cm³/mol. The van der Waals surface area contributed by atoms with Crippen molar-refractivity contribution in [1.29, 1.82) is 0 Å². The summed E-state index contributed by atoms with van der Waals surface area (Å²) in [7, 11) is 0. The largest absolute Gasteiger partial charge is 0.394 e. The molecule has 1 aliphatic heterocycles. The van der Waals surface area contributed by atoms with E-state index in [0.29, 0.717) is 17.1 Å². The Morgan fingerprint density at radius 2 is 2.00 bits per heavy atom. The van der Waals surface area contributed by atoms with E-state index in [1.165, 1.54) is 6.07 Å². The van der Waals surface area contributed by atoms with Gasteiger partial charge in [0.15, 0.2) is 0 Å². The maximum absolute atomic E-state index is 14.4. The molecule has 1 atom stereocenters. The van der Waals surface area contributed by atoms with Crippen LogP contribution in [0.2, 0.25) is 5.02 Å². The van der Waals surface area contributed by atoms with Crippen molar-refractivity contribution in [2.45, 2.75) is 31.8 Å². The minimum absolute atomic E-state index is 0.0374. The van der Waals surface area contributed by atoms with Crippen molar-refractivity contribution in [2.24, 2.45) is 0 Å². The second-order valence-corrected chi connectivity index (χ2v) is 7.12. The molecule has 1 N–H and O–H groups in total. The molecule has 0 saturated carbocycles. The minimum atomic E-state index is -0.321. The molecule has 4 nitrogen and oxygen atoms in total. The number of fused-ring (bicyclic) bond motifs is 1. The molecule has 3 aromatic rings. The average Bonchev–Trinajstić information content (AvgIpc) is 3.03. The SMILES string of the molecule is OC[C@H]1CCCCN1c1nc2ccccc2n1Cc1c(F)cccc1Cl. The normalized spacial score (nSPS) is 17.8. The molecule has 0 unspecified atom stereocenters. The molecule has 0 radical (unpaired) electrons. The Morgan fingerprint density at radius 3 is 2.81 bits per heavy atom. The van der Waals surface area contributed by atoms with E-state index in [2.05, 4.69) is 4.90 Å². The first-order valence-electron chi connectivity index (χ1n) is 8.94. The Bertz CT molecular complexity index is 906. The lowest BCUT2D eigenvalue weighted by molar-refractivity contribution is 0.238. The number of piperidine rings is 1.